The summed E-state index contributed by atoms with van der Waals surface area (Å²) < 4.78 is 0. The number of amides is 1. The van der Waals surface area contributed by atoms with E-state index in [0.717, 1.165) is 19.5 Å². The molecule has 0 spiro atoms. The van der Waals surface area contributed by atoms with E-state index in [1.54, 1.807) is 12.3 Å². The molecule has 1 unspecified atom stereocenters. The van der Waals surface area contributed by atoms with Gasteiger partial charge >= 0.3 is 0 Å². The average molecular weight is 261 g/mol. The first-order valence-electron chi connectivity index (χ1n) is 7.14. The maximum atomic E-state index is 12.5. The number of piperidine rings is 1. The predicted octanol–water partition coefficient (Wildman–Crippen LogP) is 2.07. The molecule has 1 aliphatic rings. The van der Waals surface area contributed by atoms with E-state index in [2.05, 4.69) is 24.1 Å². The maximum absolute atomic E-state index is 12.5. The van der Waals surface area contributed by atoms with Gasteiger partial charge in [-0.3, -0.25) is 9.78 Å². The normalized spacial score (nSPS) is 19.4. The van der Waals surface area contributed by atoms with E-state index in [-0.39, 0.29) is 11.9 Å². The van der Waals surface area contributed by atoms with Crippen LogP contribution < -0.4 is 5.32 Å². The summed E-state index contributed by atoms with van der Waals surface area (Å²) in [5.41, 5.74) is 0.534. The van der Waals surface area contributed by atoms with Crippen molar-refractivity contribution in [3.8, 4) is 0 Å². The van der Waals surface area contributed by atoms with Crippen molar-refractivity contribution < 1.29 is 4.79 Å². The van der Waals surface area contributed by atoms with Crippen LogP contribution in [0.2, 0.25) is 0 Å². The van der Waals surface area contributed by atoms with E-state index in [9.17, 15) is 4.79 Å². The highest BCUT2D eigenvalue weighted by Crippen LogP contribution is 2.12. The highest BCUT2D eigenvalue weighted by molar-refractivity contribution is 5.92. The van der Waals surface area contributed by atoms with Crippen LogP contribution in [0.5, 0.6) is 0 Å². The van der Waals surface area contributed by atoms with Gasteiger partial charge in [-0.15, -0.1) is 0 Å². The van der Waals surface area contributed by atoms with Crippen LogP contribution in [0.15, 0.2) is 24.4 Å². The topological polar surface area (TPSA) is 45.2 Å². The second-order valence-electron chi connectivity index (χ2n) is 5.41. The molecule has 0 radical (unpaired) electrons. The number of aromatic nitrogens is 1. The molecule has 0 bridgehead atoms. The molecule has 1 aliphatic heterocycles. The molecule has 1 saturated heterocycles. The van der Waals surface area contributed by atoms with Crippen molar-refractivity contribution >= 4 is 5.91 Å². The number of rotatable bonds is 4. The molecule has 0 saturated carbocycles. The van der Waals surface area contributed by atoms with Gasteiger partial charge < -0.3 is 10.2 Å². The number of hydrogen-bond acceptors (Lipinski definition) is 3. The lowest BCUT2D eigenvalue weighted by Gasteiger charge is -2.33. The molecule has 1 N–H and O–H groups in total. The average Bonchev–Trinajstić information content (AvgIpc) is 2.46. The molecule has 2 rings (SSSR count). The van der Waals surface area contributed by atoms with Crippen molar-refractivity contribution in [1.82, 2.24) is 15.2 Å². The number of hydrogen-bond donors (Lipinski definition) is 1. The molecule has 2 heterocycles. The van der Waals surface area contributed by atoms with Gasteiger partial charge in [-0.25, -0.2) is 0 Å². The number of carbonyl (C=O) groups excluding carboxylic acids is 1. The van der Waals surface area contributed by atoms with Crippen molar-refractivity contribution in [2.24, 2.45) is 0 Å². The van der Waals surface area contributed by atoms with Crippen LogP contribution in [0.4, 0.5) is 0 Å². The molecule has 4 heteroatoms. The van der Waals surface area contributed by atoms with Gasteiger partial charge in [0.1, 0.15) is 5.69 Å². The molecule has 1 aromatic rings. The van der Waals surface area contributed by atoms with Gasteiger partial charge in [0.2, 0.25) is 0 Å². The number of pyridine rings is 1. The van der Waals surface area contributed by atoms with E-state index in [1.807, 2.05) is 17.0 Å². The van der Waals surface area contributed by atoms with E-state index in [1.165, 1.54) is 12.8 Å². The lowest BCUT2D eigenvalue weighted by atomic mass is 10.0. The summed E-state index contributed by atoms with van der Waals surface area (Å²) in [6.45, 7) is 5.95. The Kier molecular flexibility index (Phi) is 4.91. The SMILES string of the molecule is CC(C)N(CC1CCCCN1)C(=O)c1ccccn1. The van der Waals surface area contributed by atoms with E-state index in [4.69, 9.17) is 0 Å². The second-order valence-corrected chi connectivity index (χ2v) is 5.41. The van der Waals surface area contributed by atoms with Crippen LogP contribution in [0, 0.1) is 0 Å². The molecular formula is C15H23N3O. The van der Waals surface area contributed by atoms with Gasteiger partial charge in [0.25, 0.3) is 5.91 Å². The van der Waals surface area contributed by atoms with Gasteiger partial charge in [-0.1, -0.05) is 12.5 Å². The first kappa shape index (κ1) is 14.0. The fourth-order valence-corrected chi connectivity index (χ4v) is 2.48. The molecule has 0 aromatic carbocycles. The largest absolute Gasteiger partial charge is 0.333 e. The summed E-state index contributed by atoms with van der Waals surface area (Å²) in [6.07, 6.45) is 5.32. The first-order chi connectivity index (χ1) is 9.18. The summed E-state index contributed by atoms with van der Waals surface area (Å²) in [5.74, 6) is 0.0305. The quantitative estimate of drug-likeness (QED) is 0.902. The van der Waals surface area contributed by atoms with Gasteiger partial charge in [0.15, 0.2) is 0 Å². The molecule has 104 valence electrons. The third-order valence-electron chi connectivity index (χ3n) is 3.60. The van der Waals surface area contributed by atoms with Crippen LogP contribution in [0.25, 0.3) is 0 Å². The summed E-state index contributed by atoms with van der Waals surface area (Å²) in [6, 6.07) is 6.09. The van der Waals surface area contributed by atoms with Crippen molar-refractivity contribution in [3.63, 3.8) is 0 Å². The Hall–Kier alpha value is -1.42. The lowest BCUT2D eigenvalue weighted by Crippen LogP contribution is -2.48. The first-order valence-corrected chi connectivity index (χ1v) is 7.14. The Morgan fingerprint density at radius 3 is 2.89 bits per heavy atom. The van der Waals surface area contributed by atoms with Gasteiger partial charge in [-0.2, -0.15) is 0 Å². The molecule has 1 amide bonds. The third-order valence-corrected chi connectivity index (χ3v) is 3.60. The van der Waals surface area contributed by atoms with Crippen molar-refractivity contribution in [2.75, 3.05) is 13.1 Å². The van der Waals surface area contributed by atoms with Gasteiger partial charge in [0, 0.05) is 24.8 Å². The zero-order valence-electron chi connectivity index (χ0n) is 11.8. The molecule has 19 heavy (non-hydrogen) atoms. The van der Waals surface area contributed by atoms with Crippen molar-refractivity contribution in [2.45, 2.75) is 45.2 Å². The van der Waals surface area contributed by atoms with Crippen LogP contribution >= 0.6 is 0 Å². The second kappa shape index (κ2) is 6.66. The molecular weight excluding hydrogens is 238 g/mol. The lowest BCUT2D eigenvalue weighted by molar-refractivity contribution is 0.0671. The third kappa shape index (κ3) is 3.77. The molecule has 0 aliphatic carbocycles. The Bertz CT molecular complexity index is 399. The van der Waals surface area contributed by atoms with Gasteiger partial charge in [-0.05, 0) is 45.4 Å². The van der Waals surface area contributed by atoms with Crippen LogP contribution in [0.1, 0.15) is 43.6 Å². The van der Waals surface area contributed by atoms with Crippen LogP contribution in [-0.4, -0.2) is 41.0 Å². The fraction of sp³-hybridized carbons (Fsp3) is 0.600. The Labute approximate surface area is 115 Å². The molecule has 1 fully saturated rings. The standard InChI is InChI=1S/C15H23N3O/c1-12(2)18(11-13-7-3-5-9-16-13)15(19)14-8-4-6-10-17-14/h4,6,8,10,12-13,16H,3,5,7,9,11H2,1-2H3. The number of nitrogens with one attached hydrogen (secondary N) is 1. The van der Waals surface area contributed by atoms with E-state index in [0.29, 0.717) is 11.7 Å². The highest BCUT2D eigenvalue weighted by Gasteiger charge is 2.24. The fourth-order valence-electron chi connectivity index (χ4n) is 2.48. The Balaban J connectivity index is 2.05. The minimum atomic E-state index is 0.0305. The smallest absolute Gasteiger partial charge is 0.272 e. The van der Waals surface area contributed by atoms with Crippen LogP contribution in [-0.2, 0) is 0 Å². The summed E-state index contributed by atoms with van der Waals surface area (Å²) in [4.78, 5) is 18.6. The zero-order chi connectivity index (χ0) is 13.7. The molecule has 1 aromatic heterocycles. The zero-order valence-corrected chi connectivity index (χ0v) is 11.8. The molecule has 4 nitrogen and oxygen atoms in total. The highest BCUT2D eigenvalue weighted by atomic mass is 16.2. The van der Waals surface area contributed by atoms with Crippen molar-refractivity contribution in [1.29, 1.82) is 0 Å². The monoisotopic (exact) mass is 261 g/mol. The Morgan fingerprint density at radius 2 is 2.32 bits per heavy atom. The molecule has 1 atom stereocenters. The summed E-state index contributed by atoms with van der Waals surface area (Å²) in [7, 11) is 0. The van der Waals surface area contributed by atoms with E-state index < -0.39 is 0 Å². The van der Waals surface area contributed by atoms with Crippen molar-refractivity contribution in [3.05, 3.63) is 30.1 Å². The minimum absolute atomic E-state index is 0.0305. The number of carbonyl (C=O) groups is 1. The number of nitrogens with zero attached hydrogens (tertiary/aromatic N) is 2. The minimum Gasteiger partial charge on any atom is -0.333 e. The summed E-state index contributed by atoms with van der Waals surface area (Å²) >= 11 is 0. The van der Waals surface area contributed by atoms with E-state index >= 15 is 0 Å². The predicted molar refractivity (Wildman–Crippen MR) is 76.1 cm³/mol. The van der Waals surface area contributed by atoms with Gasteiger partial charge in [0.05, 0.1) is 0 Å². The maximum Gasteiger partial charge on any atom is 0.272 e. The summed E-state index contributed by atoms with van der Waals surface area (Å²) in [5, 5.41) is 3.50. The Morgan fingerprint density at radius 1 is 1.47 bits per heavy atom. The van der Waals surface area contributed by atoms with Crippen LogP contribution in [0.3, 0.4) is 0 Å².